The SMILES string of the molecule is COc1cccc(C(=O)N2CCN[C@H](CO)C2)c1Cl. The number of amides is 1. The van der Waals surface area contributed by atoms with Gasteiger partial charge in [0.25, 0.3) is 5.91 Å². The van der Waals surface area contributed by atoms with Crippen molar-refractivity contribution in [3.8, 4) is 5.75 Å². The minimum Gasteiger partial charge on any atom is -0.495 e. The van der Waals surface area contributed by atoms with Crippen molar-refractivity contribution in [1.29, 1.82) is 0 Å². The topological polar surface area (TPSA) is 61.8 Å². The maximum absolute atomic E-state index is 12.4. The van der Waals surface area contributed by atoms with Gasteiger partial charge < -0.3 is 20.1 Å². The fourth-order valence-electron chi connectivity index (χ4n) is 2.14. The number of nitrogens with zero attached hydrogens (tertiary/aromatic N) is 1. The molecule has 6 heteroatoms. The quantitative estimate of drug-likeness (QED) is 0.860. The average Bonchev–Trinajstić information content (AvgIpc) is 2.47. The molecule has 0 spiro atoms. The standard InChI is InChI=1S/C13H17ClN2O3/c1-19-11-4-2-3-10(12(11)14)13(18)16-6-5-15-9(7-16)8-17/h2-4,9,15,17H,5-8H2,1H3/t9-/m0/s1. The van der Waals surface area contributed by atoms with E-state index in [1.165, 1.54) is 7.11 Å². The van der Waals surface area contributed by atoms with E-state index in [9.17, 15) is 4.79 Å². The van der Waals surface area contributed by atoms with Crippen molar-refractivity contribution in [2.75, 3.05) is 33.4 Å². The van der Waals surface area contributed by atoms with Crippen molar-refractivity contribution in [3.05, 3.63) is 28.8 Å². The number of carbonyl (C=O) groups is 1. The molecule has 1 aliphatic heterocycles. The van der Waals surface area contributed by atoms with E-state index in [0.717, 1.165) is 0 Å². The molecule has 104 valence electrons. The van der Waals surface area contributed by atoms with Gasteiger partial charge in [0.05, 0.1) is 24.3 Å². The Kier molecular flexibility index (Phi) is 4.63. The van der Waals surface area contributed by atoms with Gasteiger partial charge in [-0.2, -0.15) is 0 Å². The summed E-state index contributed by atoms with van der Waals surface area (Å²) in [5.74, 6) is 0.352. The molecule has 1 atom stereocenters. The average molecular weight is 285 g/mol. The molecule has 0 radical (unpaired) electrons. The summed E-state index contributed by atoms with van der Waals surface area (Å²) in [4.78, 5) is 14.1. The largest absolute Gasteiger partial charge is 0.495 e. The summed E-state index contributed by atoms with van der Waals surface area (Å²) in [6, 6.07) is 5.06. The molecule has 2 N–H and O–H groups in total. The van der Waals surface area contributed by atoms with Gasteiger partial charge in [0, 0.05) is 25.7 Å². The first-order chi connectivity index (χ1) is 9.17. The lowest BCUT2D eigenvalue weighted by atomic mass is 10.1. The van der Waals surface area contributed by atoms with Crippen LogP contribution >= 0.6 is 11.6 Å². The van der Waals surface area contributed by atoms with Gasteiger partial charge in [-0.15, -0.1) is 0 Å². The number of piperazine rings is 1. The van der Waals surface area contributed by atoms with Crippen LogP contribution in [0.3, 0.4) is 0 Å². The Balaban J connectivity index is 2.19. The molecule has 1 aliphatic rings. The predicted octanol–water partition coefficient (Wildman–Crippen LogP) is 0.755. The van der Waals surface area contributed by atoms with Crippen LogP contribution in [-0.4, -0.2) is 55.3 Å². The van der Waals surface area contributed by atoms with E-state index in [1.807, 2.05) is 0 Å². The molecule has 1 fully saturated rings. The number of carbonyl (C=O) groups excluding carboxylic acids is 1. The van der Waals surface area contributed by atoms with Crippen LogP contribution in [0.15, 0.2) is 18.2 Å². The molecule has 2 rings (SSSR count). The van der Waals surface area contributed by atoms with E-state index in [2.05, 4.69) is 5.32 Å². The minimum absolute atomic E-state index is 0.00955. The number of ether oxygens (including phenoxy) is 1. The molecule has 5 nitrogen and oxygen atoms in total. The number of benzene rings is 1. The Morgan fingerprint density at radius 1 is 1.63 bits per heavy atom. The summed E-state index contributed by atoms with van der Waals surface area (Å²) in [5, 5.41) is 12.6. The van der Waals surface area contributed by atoms with E-state index < -0.39 is 0 Å². The van der Waals surface area contributed by atoms with Crippen molar-refractivity contribution in [2.24, 2.45) is 0 Å². The monoisotopic (exact) mass is 284 g/mol. The Bertz CT molecular complexity index is 467. The minimum atomic E-state index is -0.135. The number of nitrogens with one attached hydrogen (secondary N) is 1. The number of hydrogen-bond donors (Lipinski definition) is 2. The molecule has 1 amide bonds. The third kappa shape index (κ3) is 3.00. The number of hydrogen-bond acceptors (Lipinski definition) is 4. The molecule has 0 unspecified atom stereocenters. The summed E-state index contributed by atoms with van der Waals surface area (Å²) >= 11 is 6.16. The Hall–Kier alpha value is -1.30. The maximum atomic E-state index is 12.4. The van der Waals surface area contributed by atoms with Crippen LogP contribution in [0.2, 0.25) is 5.02 Å². The van der Waals surface area contributed by atoms with Crippen LogP contribution in [0.5, 0.6) is 5.75 Å². The summed E-state index contributed by atoms with van der Waals surface area (Å²) in [7, 11) is 1.52. The van der Waals surface area contributed by atoms with Gasteiger partial charge in [0.15, 0.2) is 0 Å². The van der Waals surface area contributed by atoms with Crippen molar-refractivity contribution < 1.29 is 14.6 Å². The fourth-order valence-corrected chi connectivity index (χ4v) is 2.42. The van der Waals surface area contributed by atoms with Gasteiger partial charge in [-0.05, 0) is 12.1 Å². The van der Waals surface area contributed by atoms with Gasteiger partial charge in [0.1, 0.15) is 5.75 Å². The summed E-state index contributed by atoms with van der Waals surface area (Å²) in [6.45, 7) is 1.75. The second-order valence-corrected chi connectivity index (χ2v) is 4.78. The normalized spacial score (nSPS) is 19.3. The zero-order valence-electron chi connectivity index (χ0n) is 10.7. The lowest BCUT2D eigenvalue weighted by Crippen LogP contribution is -2.54. The zero-order chi connectivity index (χ0) is 13.8. The van der Waals surface area contributed by atoms with Gasteiger partial charge in [-0.3, -0.25) is 4.79 Å². The fraction of sp³-hybridized carbons (Fsp3) is 0.462. The van der Waals surface area contributed by atoms with Gasteiger partial charge >= 0.3 is 0 Å². The van der Waals surface area contributed by atoms with E-state index in [1.54, 1.807) is 23.1 Å². The maximum Gasteiger partial charge on any atom is 0.255 e. The highest BCUT2D eigenvalue weighted by atomic mass is 35.5. The van der Waals surface area contributed by atoms with Crippen LogP contribution in [0.4, 0.5) is 0 Å². The molecular formula is C13H17ClN2O3. The van der Waals surface area contributed by atoms with E-state index >= 15 is 0 Å². The highest BCUT2D eigenvalue weighted by molar-refractivity contribution is 6.35. The summed E-state index contributed by atoms with van der Waals surface area (Å²) in [5.41, 5.74) is 0.430. The Morgan fingerprint density at radius 3 is 3.11 bits per heavy atom. The number of aliphatic hydroxyl groups is 1. The van der Waals surface area contributed by atoms with Crippen LogP contribution in [0.1, 0.15) is 10.4 Å². The summed E-state index contributed by atoms with van der Waals surface area (Å²) in [6.07, 6.45) is 0. The molecule has 0 aromatic heterocycles. The molecule has 0 aliphatic carbocycles. The van der Waals surface area contributed by atoms with Gasteiger partial charge in [-0.25, -0.2) is 0 Å². The van der Waals surface area contributed by atoms with Crippen LogP contribution in [-0.2, 0) is 0 Å². The highest BCUT2D eigenvalue weighted by Crippen LogP contribution is 2.28. The Labute approximate surface area is 117 Å². The number of methoxy groups -OCH3 is 1. The number of halogens is 1. The molecule has 0 saturated carbocycles. The molecule has 19 heavy (non-hydrogen) atoms. The second kappa shape index (κ2) is 6.23. The van der Waals surface area contributed by atoms with E-state index in [4.69, 9.17) is 21.4 Å². The first kappa shape index (κ1) is 14.1. The zero-order valence-corrected chi connectivity index (χ0v) is 11.5. The van der Waals surface area contributed by atoms with Crippen LogP contribution in [0.25, 0.3) is 0 Å². The third-order valence-corrected chi connectivity index (χ3v) is 3.57. The highest BCUT2D eigenvalue weighted by Gasteiger charge is 2.25. The molecule has 1 aromatic carbocycles. The molecule has 1 heterocycles. The lowest BCUT2D eigenvalue weighted by Gasteiger charge is -2.33. The third-order valence-electron chi connectivity index (χ3n) is 3.18. The molecular weight excluding hydrogens is 268 g/mol. The van der Waals surface area contributed by atoms with Crippen molar-refractivity contribution in [3.63, 3.8) is 0 Å². The lowest BCUT2D eigenvalue weighted by molar-refractivity contribution is 0.0671. The van der Waals surface area contributed by atoms with Crippen molar-refractivity contribution in [1.82, 2.24) is 10.2 Å². The second-order valence-electron chi connectivity index (χ2n) is 4.41. The van der Waals surface area contributed by atoms with Crippen molar-refractivity contribution in [2.45, 2.75) is 6.04 Å². The van der Waals surface area contributed by atoms with E-state index in [-0.39, 0.29) is 18.6 Å². The first-order valence-corrected chi connectivity index (χ1v) is 6.51. The molecule has 1 aromatic rings. The van der Waals surface area contributed by atoms with Crippen molar-refractivity contribution >= 4 is 17.5 Å². The molecule has 1 saturated heterocycles. The Morgan fingerprint density at radius 2 is 2.42 bits per heavy atom. The summed E-state index contributed by atoms with van der Waals surface area (Å²) < 4.78 is 5.11. The van der Waals surface area contributed by atoms with Crippen LogP contribution < -0.4 is 10.1 Å². The first-order valence-electron chi connectivity index (χ1n) is 6.13. The number of rotatable bonds is 3. The van der Waals surface area contributed by atoms with Gasteiger partial charge in [-0.1, -0.05) is 17.7 Å². The smallest absolute Gasteiger partial charge is 0.255 e. The van der Waals surface area contributed by atoms with Gasteiger partial charge in [0.2, 0.25) is 0 Å². The predicted molar refractivity (Wildman–Crippen MR) is 72.8 cm³/mol. The van der Waals surface area contributed by atoms with E-state index in [0.29, 0.717) is 36.0 Å². The molecule has 0 bridgehead atoms. The number of aliphatic hydroxyl groups excluding tert-OH is 1. The van der Waals surface area contributed by atoms with Crippen LogP contribution in [0, 0.1) is 0 Å².